The molecule has 1 aromatic heterocycles. The van der Waals surface area contributed by atoms with Gasteiger partial charge in [-0.1, -0.05) is 48.5 Å². The molecule has 1 aliphatic rings. The van der Waals surface area contributed by atoms with Gasteiger partial charge in [-0.15, -0.1) is 5.10 Å². The van der Waals surface area contributed by atoms with Crippen LogP contribution in [0.4, 0.5) is 0 Å². The summed E-state index contributed by atoms with van der Waals surface area (Å²) in [7, 11) is 0. The summed E-state index contributed by atoms with van der Waals surface area (Å²) in [6, 6.07) is 21.2. The van der Waals surface area contributed by atoms with Crippen LogP contribution in [0.5, 0.6) is 0 Å². The smallest absolute Gasteiger partial charge is 0.170 e. The third kappa shape index (κ3) is 2.87. The molecule has 116 valence electrons. The van der Waals surface area contributed by atoms with Gasteiger partial charge in [-0.3, -0.25) is 4.90 Å². The van der Waals surface area contributed by atoms with Crippen LogP contribution < -0.4 is 0 Å². The van der Waals surface area contributed by atoms with Crippen molar-refractivity contribution in [2.45, 2.75) is 25.4 Å². The van der Waals surface area contributed by atoms with E-state index in [1.807, 2.05) is 35.0 Å². The van der Waals surface area contributed by atoms with E-state index in [0.717, 1.165) is 24.6 Å². The molecule has 0 bridgehead atoms. The average molecular weight is 305 g/mol. The van der Waals surface area contributed by atoms with Crippen LogP contribution in [0.1, 0.15) is 30.3 Å². The van der Waals surface area contributed by atoms with Gasteiger partial charge in [0.1, 0.15) is 0 Å². The summed E-state index contributed by atoms with van der Waals surface area (Å²) in [6.07, 6.45) is 2.41. The minimum atomic E-state index is 0.456. The number of hydrogen-bond donors (Lipinski definition) is 0. The predicted octanol–water partition coefficient (Wildman–Crippen LogP) is 3.00. The summed E-state index contributed by atoms with van der Waals surface area (Å²) < 4.78 is 1.83. The van der Waals surface area contributed by atoms with Gasteiger partial charge in [0.15, 0.2) is 5.82 Å². The van der Waals surface area contributed by atoms with Crippen LogP contribution in [0.15, 0.2) is 60.7 Å². The second-order valence-electron chi connectivity index (χ2n) is 5.88. The fourth-order valence-corrected chi connectivity index (χ4v) is 3.32. The van der Waals surface area contributed by atoms with Crippen molar-refractivity contribution in [2.24, 2.45) is 0 Å². The Morgan fingerprint density at radius 1 is 0.957 bits per heavy atom. The van der Waals surface area contributed by atoms with Crippen LogP contribution in [-0.4, -0.2) is 31.7 Å². The molecule has 0 amide bonds. The van der Waals surface area contributed by atoms with Gasteiger partial charge in [0.25, 0.3) is 0 Å². The maximum atomic E-state index is 4.24. The van der Waals surface area contributed by atoms with E-state index in [1.54, 1.807) is 0 Å². The maximum Gasteiger partial charge on any atom is 0.170 e. The van der Waals surface area contributed by atoms with Crippen LogP contribution in [0.3, 0.4) is 0 Å². The Kier molecular flexibility index (Phi) is 3.86. The highest BCUT2D eigenvalue weighted by atomic mass is 15.5. The molecule has 2 heterocycles. The molecule has 1 saturated heterocycles. The van der Waals surface area contributed by atoms with Gasteiger partial charge in [0, 0.05) is 6.04 Å². The third-order valence-electron chi connectivity index (χ3n) is 4.43. The predicted molar refractivity (Wildman–Crippen MR) is 88.0 cm³/mol. The zero-order valence-corrected chi connectivity index (χ0v) is 12.9. The Bertz CT molecular complexity index is 753. The molecule has 0 saturated carbocycles. The molecule has 0 aliphatic carbocycles. The van der Waals surface area contributed by atoms with Crippen molar-refractivity contribution in [2.75, 3.05) is 6.54 Å². The van der Waals surface area contributed by atoms with Gasteiger partial charge in [-0.05, 0) is 47.5 Å². The van der Waals surface area contributed by atoms with Crippen molar-refractivity contribution in [3.63, 3.8) is 0 Å². The Morgan fingerprint density at radius 2 is 1.70 bits per heavy atom. The molecule has 23 heavy (non-hydrogen) atoms. The number of likely N-dealkylation sites (tertiary alicyclic amines) is 1. The molecule has 5 nitrogen and oxygen atoms in total. The first-order valence-electron chi connectivity index (χ1n) is 8.03. The van der Waals surface area contributed by atoms with Gasteiger partial charge in [-0.2, -0.15) is 4.68 Å². The molecular weight excluding hydrogens is 286 g/mol. The topological polar surface area (TPSA) is 46.8 Å². The summed E-state index contributed by atoms with van der Waals surface area (Å²) in [5, 5.41) is 12.3. The molecule has 3 aromatic rings. The van der Waals surface area contributed by atoms with Gasteiger partial charge >= 0.3 is 0 Å². The molecule has 1 fully saturated rings. The number of tetrazole rings is 1. The Morgan fingerprint density at radius 3 is 2.48 bits per heavy atom. The Balaban J connectivity index is 1.58. The molecule has 1 atom stereocenters. The monoisotopic (exact) mass is 305 g/mol. The van der Waals surface area contributed by atoms with Crippen LogP contribution in [-0.2, 0) is 6.54 Å². The highest BCUT2D eigenvalue weighted by molar-refractivity contribution is 5.30. The van der Waals surface area contributed by atoms with Crippen molar-refractivity contribution >= 4 is 0 Å². The third-order valence-corrected chi connectivity index (χ3v) is 4.43. The fourth-order valence-electron chi connectivity index (χ4n) is 3.32. The summed E-state index contributed by atoms with van der Waals surface area (Å²) in [5.41, 5.74) is 2.38. The maximum absolute atomic E-state index is 4.24. The average Bonchev–Trinajstić information content (AvgIpc) is 3.26. The van der Waals surface area contributed by atoms with Crippen LogP contribution in [0.2, 0.25) is 0 Å². The second kappa shape index (κ2) is 6.30. The van der Waals surface area contributed by atoms with Crippen molar-refractivity contribution in [3.8, 4) is 5.69 Å². The number of hydrogen-bond acceptors (Lipinski definition) is 4. The highest BCUT2D eigenvalue weighted by Gasteiger charge is 2.27. The van der Waals surface area contributed by atoms with Crippen molar-refractivity contribution in [1.29, 1.82) is 0 Å². The largest absolute Gasteiger partial charge is 0.289 e. The zero-order valence-electron chi connectivity index (χ0n) is 12.9. The lowest BCUT2D eigenvalue weighted by Gasteiger charge is -2.24. The highest BCUT2D eigenvalue weighted by Crippen LogP contribution is 2.32. The van der Waals surface area contributed by atoms with Crippen LogP contribution in [0, 0.1) is 0 Å². The van der Waals surface area contributed by atoms with Gasteiger partial charge in [-0.25, -0.2) is 0 Å². The van der Waals surface area contributed by atoms with E-state index in [9.17, 15) is 0 Å². The van der Waals surface area contributed by atoms with Crippen molar-refractivity contribution in [3.05, 3.63) is 72.1 Å². The summed E-state index contributed by atoms with van der Waals surface area (Å²) in [6.45, 7) is 1.85. The first-order valence-corrected chi connectivity index (χ1v) is 8.03. The Hall–Kier alpha value is -2.53. The number of aromatic nitrogens is 4. The molecular formula is C18H19N5. The van der Waals surface area contributed by atoms with E-state index >= 15 is 0 Å². The molecule has 1 unspecified atom stereocenters. The molecule has 5 heteroatoms. The van der Waals surface area contributed by atoms with Crippen LogP contribution >= 0.6 is 0 Å². The van der Waals surface area contributed by atoms with E-state index in [-0.39, 0.29) is 0 Å². The van der Waals surface area contributed by atoms with E-state index < -0.39 is 0 Å². The van der Waals surface area contributed by atoms with E-state index in [1.165, 1.54) is 18.4 Å². The first-order chi connectivity index (χ1) is 11.4. The Labute approximate surface area is 135 Å². The number of rotatable bonds is 4. The minimum absolute atomic E-state index is 0.456. The molecule has 0 N–H and O–H groups in total. The SMILES string of the molecule is c1ccc(C2CCCN2Cc2nnnn2-c2ccccc2)cc1. The number of benzene rings is 2. The molecule has 4 rings (SSSR count). The number of nitrogens with zero attached hydrogens (tertiary/aromatic N) is 5. The zero-order chi connectivity index (χ0) is 15.5. The number of para-hydroxylation sites is 1. The molecule has 2 aromatic carbocycles. The molecule has 0 spiro atoms. The fraction of sp³-hybridized carbons (Fsp3) is 0.278. The van der Waals surface area contributed by atoms with Crippen molar-refractivity contribution in [1.82, 2.24) is 25.1 Å². The summed E-state index contributed by atoms with van der Waals surface area (Å²) in [4.78, 5) is 2.47. The second-order valence-corrected chi connectivity index (χ2v) is 5.88. The molecule has 0 radical (unpaired) electrons. The van der Waals surface area contributed by atoms with E-state index in [0.29, 0.717) is 6.04 Å². The first kappa shape index (κ1) is 14.1. The van der Waals surface area contributed by atoms with Gasteiger partial charge in [0.2, 0.25) is 0 Å². The van der Waals surface area contributed by atoms with E-state index in [2.05, 4.69) is 50.8 Å². The quantitative estimate of drug-likeness (QED) is 0.743. The van der Waals surface area contributed by atoms with Crippen molar-refractivity contribution < 1.29 is 0 Å². The lowest BCUT2D eigenvalue weighted by atomic mass is 10.0. The van der Waals surface area contributed by atoms with Crippen LogP contribution in [0.25, 0.3) is 5.69 Å². The summed E-state index contributed by atoms with van der Waals surface area (Å²) >= 11 is 0. The standard InChI is InChI=1S/C18H19N5/c1-3-8-15(9-4-1)17-12-7-13-22(17)14-18-19-20-21-23(18)16-10-5-2-6-11-16/h1-6,8-11,17H,7,12-14H2. The van der Waals surface area contributed by atoms with Gasteiger partial charge < -0.3 is 0 Å². The summed E-state index contributed by atoms with van der Waals surface area (Å²) in [5.74, 6) is 0.888. The molecule has 1 aliphatic heterocycles. The van der Waals surface area contributed by atoms with Gasteiger partial charge in [0.05, 0.1) is 12.2 Å². The lowest BCUT2D eigenvalue weighted by molar-refractivity contribution is 0.240. The van der Waals surface area contributed by atoms with E-state index in [4.69, 9.17) is 0 Å². The lowest BCUT2D eigenvalue weighted by Crippen LogP contribution is -2.24. The minimum Gasteiger partial charge on any atom is -0.289 e. The normalized spacial score (nSPS) is 18.3.